The van der Waals surface area contributed by atoms with Gasteiger partial charge in [0.2, 0.25) is 5.91 Å². The number of hydrogen-bond acceptors (Lipinski definition) is 1. The van der Waals surface area contributed by atoms with Gasteiger partial charge in [0.15, 0.2) is 0 Å². The van der Waals surface area contributed by atoms with Gasteiger partial charge in [0, 0.05) is 20.5 Å². The molecule has 0 heterocycles. The van der Waals surface area contributed by atoms with Crippen LogP contribution in [-0.4, -0.2) is 24.9 Å². The van der Waals surface area contributed by atoms with Crippen LogP contribution in [0.3, 0.4) is 0 Å². The van der Waals surface area contributed by atoms with Gasteiger partial charge in [-0.3, -0.25) is 4.79 Å². The Morgan fingerprint density at radius 2 is 1.05 bits per heavy atom. The van der Waals surface area contributed by atoms with E-state index in [0.717, 1.165) is 6.42 Å². The fraction of sp³-hybridized carbons (Fsp3) is 0.950. The van der Waals surface area contributed by atoms with Crippen molar-refractivity contribution in [3.63, 3.8) is 0 Å². The van der Waals surface area contributed by atoms with Crippen LogP contribution >= 0.6 is 0 Å². The fourth-order valence-electron chi connectivity index (χ4n) is 3.70. The molecule has 0 N–H and O–H groups in total. The van der Waals surface area contributed by atoms with Crippen molar-refractivity contribution in [2.75, 3.05) is 14.1 Å². The van der Waals surface area contributed by atoms with Gasteiger partial charge >= 0.3 is 0 Å². The average molecular weight is 310 g/mol. The van der Waals surface area contributed by atoms with Gasteiger partial charge in [-0.1, -0.05) is 84.0 Å². The first-order valence-corrected chi connectivity index (χ1v) is 9.74. The number of nitrogens with zero attached hydrogens (tertiary/aromatic N) is 1. The Morgan fingerprint density at radius 3 is 1.36 bits per heavy atom. The second kappa shape index (κ2) is 11.1. The van der Waals surface area contributed by atoms with Crippen LogP contribution < -0.4 is 0 Å². The molecule has 1 fully saturated rings. The Balaban J connectivity index is 2.49. The maximum absolute atomic E-state index is 12.2. The number of amides is 1. The first kappa shape index (κ1) is 19.5. The molecule has 2 nitrogen and oxygen atoms in total. The van der Waals surface area contributed by atoms with Gasteiger partial charge in [-0.25, -0.2) is 0 Å². The predicted octanol–water partition coefficient (Wildman–Crippen LogP) is 5.95. The van der Waals surface area contributed by atoms with Crippen molar-refractivity contribution in [2.24, 2.45) is 5.41 Å². The van der Waals surface area contributed by atoms with Crippen LogP contribution in [0.1, 0.15) is 103 Å². The fourth-order valence-corrected chi connectivity index (χ4v) is 3.70. The van der Waals surface area contributed by atoms with E-state index in [0.29, 0.717) is 5.91 Å². The highest BCUT2D eigenvalue weighted by atomic mass is 16.2. The zero-order valence-electron chi connectivity index (χ0n) is 15.5. The molecule has 0 saturated heterocycles. The molecule has 130 valence electrons. The highest BCUT2D eigenvalue weighted by molar-refractivity contribution is 5.76. The van der Waals surface area contributed by atoms with Crippen molar-refractivity contribution < 1.29 is 4.79 Å². The summed E-state index contributed by atoms with van der Waals surface area (Å²) in [5, 5.41) is 0. The van der Waals surface area contributed by atoms with E-state index in [2.05, 4.69) is 6.92 Å². The van der Waals surface area contributed by atoms with Crippen LogP contribution in [-0.2, 0) is 4.79 Å². The van der Waals surface area contributed by atoms with Crippen LogP contribution in [0.4, 0.5) is 0 Å². The van der Waals surface area contributed by atoms with Crippen molar-refractivity contribution in [1.82, 2.24) is 4.90 Å². The Kier molecular flexibility index (Phi) is 9.82. The molecule has 0 atom stereocenters. The number of hydrogen-bond donors (Lipinski definition) is 0. The summed E-state index contributed by atoms with van der Waals surface area (Å²) in [4.78, 5) is 13.9. The smallest absolute Gasteiger partial charge is 0.222 e. The molecule has 1 saturated carbocycles. The third kappa shape index (κ3) is 8.80. The zero-order valence-corrected chi connectivity index (χ0v) is 15.5. The van der Waals surface area contributed by atoms with E-state index < -0.39 is 0 Å². The van der Waals surface area contributed by atoms with E-state index >= 15 is 0 Å². The summed E-state index contributed by atoms with van der Waals surface area (Å²) in [6, 6.07) is 0. The molecular weight excluding hydrogens is 270 g/mol. The topological polar surface area (TPSA) is 20.3 Å². The van der Waals surface area contributed by atoms with Crippen LogP contribution in [0.25, 0.3) is 0 Å². The van der Waals surface area contributed by atoms with Crippen molar-refractivity contribution in [3.05, 3.63) is 0 Å². The molecule has 1 aliphatic rings. The molecule has 0 unspecified atom stereocenters. The average Bonchev–Trinajstić information content (AvgIpc) is 2.47. The van der Waals surface area contributed by atoms with Gasteiger partial charge in [0.25, 0.3) is 0 Å². The van der Waals surface area contributed by atoms with Gasteiger partial charge in [-0.05, 0) is 18.3 Å². The van der Waals surface area contributed by atoms with Crippen molar-refractivity contribution in [1.29, 1.82) is 0 Å². The minimum atomic E-state index is 0.224. The predicted molar refractivity (Wildman–Crippen MR) is 96.1 cm³/mol. The maximum Gasteiger partial charge on any atom is 0.222 e. The van der Waals surface area contributed by atoms with E-state index in [9.17, 15) is 4.79 Å². The normalized spacial score (nSPS) is 22.3. The molecule has 1 amide bonds. The number of rotatable bonds is 2. The van der Waals surface area contributed by atoms with Crippen LogP contribution in [0.2, 0.25) is 0 Å². The Labute approximate surface area is 139 Å². The lowest BCUT2D eigenvalue weighted by Crippen LogP contribution is -2.29. The van der Waals surface area contributed by atoms with Crippen LogP contribution in [0.5, 0.6) is 0 Å². The number of carbonyl (C=O) groups excluding carboxylic acids is 1. The van der Waals surface area contributed by atoms with E-state index in [1.165, 1.54) is 89.9 Å². The lowest BCUT2D eigenvalue weighted by Gasteiger charge is -2.30. The van der Waals surface area contributed by atoms with Crippen molar-refractivity contribution >= 4 is 5.91 Å². The second-order valence-corrected chi connectivity index (χ2v) is 8.02. The third-order valence-corrected chi connectivity index (χ3v) is 5.39. The van der Waals surface area contributed by atoms with Gasteiger partial charge in [0.05, 0.1) is 0 Å². The SMILES string of the molecule is CN(C)C(=O)CC1(C)CCCCCCCCCCCCCC1. The molecule has 0 aromatic rings. The Bertz CT molecular complexity index is 282. The molecule has 0 radical (unpaired) electrons. The van der Waals surface area contributed by atoms with Crippen molar-refractivity contribution in [2.45, 2.75) is 103 Å². The summed E-state index contributed by atoms with van der Waals surface area (Å²) in [7, 11) is 3.77. The van der Waals surface area contributed by atoms with E-state index in [4.69, 9.17) is 0 Å². The summed E-state index contributed by atoms with van der Waals surface area (Å²) in [5.41, 5.74) is 0.224. The highest BCUT2D eigenvalue weighted by Crippen LogP contribution is 2.35. The molecular formula is C20H39NO. The molecule has 0 aromatic heterocycles. The quantitative estimate of drug-likeness (QED) is 0.617. The van der Waals surface area contributed by atoms with Gasteiger partial charge in [0.1, 0.15) is 0 Å². The minimum absolute atomic E-state index is 0.224. The van der Waals surface area contributed by atoms with Crippen LogP contribution in [0, 0.1) is 5.41 Å². The van der Waals surface area contributed by atoms with E-state index in [1.54, 1.807) is 4.90 Å². The molecule has 1 rings (SSSR count). The summed E-state index contributed by atoms with van der Waals surface area (Å²) >= 11 is 0. The zero-order chi connectivity index (χ0) is 16.3. The maximum atomic E-state index is 12.2. The monoisotopic (exact) mass is 309 g/mol. The van der Waals surface area contributed by atoms with Gasteiger partial charge < -0.3 is 4.90 Å². The lowest BCUT2D eigenvalue weighted by molar-refractivity contribution is -0.131. The molecule has 0 aromatic carbocycles. The summed E-state index contributed by atoms with van der Waals surface area (Å²) < 4.78 is 0. The Morgan fingerprint density at radius 1 is 0.727 bits per heavy atom. The van der Waals surface area contributed by atoms with Crippen LogP contribution in [0.15, 0.2) is 0 Å². The molecule has 0 aliphatic heterocycles. The molecule has 0 bridgehead atoms. The lowest BCUT2D eigenvalue weighted by atomic mass is 9.76. The first-order valence-electron chi connectivity index (χ1n) is 9.74. The molecule has 22 heavy (non-hydrogen) atoms. The molecule has 2 heteroatoms. The third-order valence-electron chi connectivity index (χ3n) is 5.39. The van der Waals surface area contributed by atoms with E-state index in [1.807, 2.05) is 14.1 Å². The van der Waals surface area contributed by atoms with Crippen molar-refractivity contribution in [3.8, 4) is 0 Å². The summed E-state index contributed by atoms with van der Waals surface area (Å²) in [5.74, 6) is 0.306. The minimum Gasteiger partial charge on any atom is -0.349 e. The molecule has 0 spiro atoms. The summed E-state index contributed by atoms with van der Waals surface area (Å²) in [6.07, 6.45) is 19.8. The first-order chi connectivity index (χ1) is 10.5. The molecule has 1 aliphatic carbocycles. The standard InChI is InChI=1S/C20H39NO/c1-20(18-19(22)21(2)3)16-14-12-10-8-6-4-5-7-9-11-13-15-17-20/h4-18H2,1-3H3. The second-order valence-electron chi connectivity index (χ2n) is 8.02. The van der Waals surface area contributed by atoms with Gasteiger partial charge in [-0.15, -0.1) is 0 Å². The Hall–Kier alpha value is -0.530. The van der Waals surface area contributed by atoms with Gasteiger partial charge in [-0.2, -0.15) is 0 Å². The summed E-state index contributed by atoms with van der Waals surface area (Å²) in [6.45, 7) is 2.35. The highest BCUT2D eigenvalue weighted by Gasteiger charge is 2.27. The number of carbonyl (C=O) groups is 1. The van der Waals surface area contributed by atoms with E-state index in [-0.39, 0.29) is 5.41 Å². The largest absolute Gasteiger partial charge is 0.349 e.